The van der Waals surface area contributed by atoms with Crippen LogP contribution in [0, 0.1) is 0 Å². The summed E-state index contributed by atoms with van der Waals surface area (Å²) in [5, 5.41) is 7.22. The third-order valence-corrected chi connectivity index (χ3v) is 8.68. The van der Waals surface area contributed by atoms with E-state index in [0.717, 1.165) is 56.0 Å². The number of benzene rings is 5. The molecule has 0 saturated heterocycles. The summed E-state index contributed by atoms with van der Waals surface area (Å²) in [4.78, 5) is 14.7. The Morgan fingerprint density at radius 1 is 0.422 bits per heavy atom. The van der Waals surface area contributed by atoms with Crippen LogP contribution in [0.5, 0.6) is 0 Å². The number of fused-ring (bicyclic) bond motifs is 6. The van der Waals surface area contributed by atoms with Crippen molar-refractivity contribution in [3.63, 3.8) is 0 Å². The lowest BCUT2D eigenvalue weighted by atomic mass is 9.95. The van der Waals surface area contributed by atoms with Crippen LogP contribution < -0.4 is 0 Å². The van der Waals surface area contributed by atoms with E-state index < -0.39 is 0 Å². The summed E-state index contributed by atoms with van der Waals surface area (Å²) in [5.74, 6) is 0. The Morgan fingerprint density at radius 3 is 1.93 bits per heavy atom. The summed E-state index contributed by atoms with van der Waals surface area (Å²) >= 11 is 0. The number of rotatable bonds is 4. The largest absolute Gasteiger partial charge is 0.309 e. The molecule has 0 radical (unpaired) electrons. The molecular formula is C41H26N4. The van der Waals surface area contributed by atoms with Crippen molar-refractivity contribution in [1.29, 1.82) is 0 Å². The van der Waals surface area contributed by atoms with Crippen LogP contribution in [0.25, 0.3) is 82.9 Å². The normalized spacial score (nSPS) is 11.6. The summed E-state index contributed by atoms with van der Waals surface area (Å²) in [5.41, 5.74) is 9.06. The van der Waals surface area contributed by atoms with Gasteiger partial charge in [-0.25, -0.2) is 9.97 Å². The Balaban J connectivity index is 1.14. The minimum atomic E-state index is 0.841. The number of pyridine rings is 3. The Bertz CT molecular complexity index is 2510. The molecular weight excluding hydrogens is 548 g/mol. The van der Waals surface area contributed by atoms with Crippen LogP contribution in [0.15, 0.2) is 158 Å². The van der Waals surface area contributed by atoms with Crippen molar-refractivity contribution in [1.82, 2.24) is 19.5 Å². The predicted octanol–water partition coefficient (Wildman–Crippen LogP) is 10.3. The molecule has 210 valence electrons. The van der Waals surface area contributed by atoms with E-state index in [4.69, 9.17) is 9.97 Å². The summed E-state index contributed by atoms with van der Waals surface area (Å²) in [6.07, 6.45) is 3.80. The van der Waals surface area contributed by atoms with E-state index in [1.165, 1.54) is 26.9 Å². The lowest BCUT2D eigenvalue weighted by Crippen LogP contribution is -1.96. The SMILES string of the molecule is c1cc(-c2cccc(-c3cccc(-c4cc5ccccc5c5ccccc45)n3)n2)cc(-n2c3ccccc3c3cnccc32)c1. The third-order valence-electron chi connectivity index (χ3n) is 8.68. The van der Waals surface area contributed by atoms with Crippen LogP contribution in [0.1, 0.15) is 0 Å². The molecule has 0 atom stereocenters. The van der Waals surface area contributed by atoms with Crippen molar-refractivity contribution in [3.05, 3.63) is 158 Å². The molecule has 4 nitrogen and oxygen atoms in total. The average Bonchev–Trinajstić information content (AvgIpc) is 3.46. The van der Waals surface area contributed by atoms with Crippen molar-refractivity contribution in [3.8, 4) is 39.6 Å². The van der Waals surface area contributed by atoms with Crippen LogP contribution >= 0.6 is 0 Å². The molecule has 9 rings (SSSR count). The molecule has 0 saturated carbocycles. The fourth-order valence-corrected chi connectivity index (χ4v) is 6.63. The second kappa shape index (κ2) is 10.2. The van der Waals surface area contributed by atoms with Gasteiger partial charge in [0.2, 0.25) is 0 Å². The van der Waals surface area contributed by atoms with E-state index in [9.17, 15) is 0 Å². The maximum absolute atomic E-state index is 5.16. The van der Waals surface area contributed by atoms with Gasteiger partial charge in [-0.1, -0.05) is 91.0 Å². The molecule has 0 aliphatic carbocycles. The van der Waals surface area contributed by atoms with Gasteiger partial charge in [-0.2, -0.15) is 0 Å². The molecule has 0 N–H and O–H groups in total. The number of para-hydroxylation sites is 1. The first-order valence-electron chi connectivity index (χ1n) is 15.1. The van der Waals surface area contributed by atoms with Gasteiger partial charge in [0.25, 0.3) is 0 Å². The molecule has 4 heterocycles. The van der Waals surface area contributed by atoms with Gasteiger partial charge < -0.3 is 4.57 Å². The standard InChI is InChI=1S/C41H26N4/c1-2-13-30-27(10-1)25-34(32-15-4-3-14-31(30)32)37-18-9-20-39(44-37)38-19-8-17-36(43-38)28-11-7-12-29(24-28)45-40-21-6-5-16-33(40)35-26-42-23-22-41(35)45/h1-26H. The molecule has 9 aromatic rings. The van der Waals surface area contributed by atoms with E-state index in [0.29, 0.717) is 0 Å². The zero-order chi connectivity index (χ0) is 29.7. The summed E-state index contributed by atoms with van der Waals surface area (Å²) in [6.45, 7) is 0. The first kappa shape index (κ1) is 25.4. The average molecular weight is 575 g/mol. The van der Waals surface area contributed by atoms with Gasteiger partial charge in [0.1, 0.15) is 0 Å². The predicted molar refractivity (Wildman–Crippen MR) is 185 cm³/mol. The zero-order valence-electron chi connectivity index (χ0n) is 24.3. The van der Waals surface area contributed by atoms with Gasteiger partial charge >= 0.3 is 0 Å². The summed E-state index contributed by atoms with van der Waals surface area (Å²) in [6, 6.07) is 50.9. The maximum Gasteiger partial charge on any atom is 0.0893 e. The second-order valence-corrected chi connectivity index (χ2v) is 11.3. The Labute approximate surface area is 259 Å². The molecule has 0 spiro atoms. The highest BCUT2D eigenvalue weighted by Gasteiger charge is 2.14. The molecule has 4 aromatic heterocycles. The van der Waals surface area contributed by atoms with Crippen LogP contribution in [-0.2, 0) is 0 Å². The van der Waals surface area contributed by atoms with Gasteiger partial charge in [0.05, 0.1) is 33.8 Å². The van der Waals surface area contributed by atoms with E-state index in [-0.39, 0.29) is 0 Å². The van der Waals surface area contributed by atoms with Crippen LogP contribution in [0.2, 0.25) is 0 Å². The maximum atomic E-state index is 5.16. The minimum absolute atomic E-state index is 0.841. The first-order chi connectivity index (χ1) is 22.3. The van der Waals surface area contributed by atoms with Crippen molar-refractivity contribution < 1.29 is 0 Å². The number of aromatic nitrogens is 4. The lowest BCUT2D eigenvalue weighted by molar-refractivity contribution is 1.17. The molecule has 0 bridgehead atoms. The van der Waals surface area contributed by atoms with Crippen LogP contribution in [0.4, 0.5) is 0 Å². The third kappa shape index (κ3) is 4.19. The fraction of sp³-hybridized carbons (Fsp3) is 0. The number of nitrogens with zero attached hydrogens (tertiary/aromatic N) is 4. The van der Waals surface area contributed by atoms with Gasteiger partial charge in [0.15, 0.2) is 0 Å². The monoisotopic (exact) mass is 574 g/mol. The van der Waals surface area contributed by atoms with Crippen molar-refractivity contribution >= 4 is 43.4 Å². The van der Waals surface area contributed by atoms with Crippen LogP contribution in [0.3, 0.4) is 0 Å². The van der Waals surface area contributed by atoms with E-state index >= 15 is 0 Å². The smallest absolute Gasteiger partial charge is 0.0893 e. The van der Waals surface area contributed by atoms with Crippen molar-refractivity contribution in [2.24, 2.45) is 0 Å². The molecule has 4 heteroatoms. The number of hydrogen-bond donors (Lipinski definition) is 0. The molecule has 45 heavy (non-hydrogen) atoms. The quantitative estimate of drug-likeness (QED) is 0.196. The topological polar surface area (TPSA) is 43.6 Å². The lowest BCUT2D eigenvalue weighted by Gasteiger charge is -2.12. The summed E-state index contributed by atoms with van der Waals surface area (Å²) in [7, 11) is 0. The second-order valence-electron chi connectivity index (χ2n) is 11.3. The highest BCUT2D eigenvalue weighted by molar-refractivity contribution is 6.13. The van der Waals surface area contributed by atoms with E-state index in [2.05, 4.69) is 143 Å². The van der Waals surface area contributed by atoms with Gasteiger partial charge in [-0.05, 0) is 76.1 Å². The molecule has 5 aromatic carbocycles. The zero-order valence-corrected chi connectivity index (χ0v) is 24.3. The summed E-state index contributed by atoms with van der Waals surface area (Å²) < 4.78 is 2.30. The van der Waals surface area contributed by atoms with Crippen molar-refractivity contribution in [2.45, 2.75) is 0 Å². The molecule has 0 aliphatic rings. The molecule has 0 unspecified atom stereocenters. The number of hydrogen-bond acceptors (Lipinski definition) is 3. The fourth-order valence-electron chi connectivity index (χ4n) is 6.63. The molecule has 0 fully saturated rings. The first-order valence-corrected chi connectivity index (χ1v) is 15.1. The Hall–Kier alpha value is -6.13. The van der Waals surface area contributed by atoms with E-state index in [1.807, 2.05) is 24.5 Å². The Morgan fingerprint density at radius 2 is 1.07 bits per heavy atom. The van der Waals surface area contributed by atoms with Crippen LogP contribution in [-0.4, -0.2) is 19.5 Å². The van der Waals surface area contributed by atoms with Gasteiger partial charge in [-0.15, -0.1) is 0 Å². The van der Waals surface area contributed by atoms with E-state index in [1.54, 1.807) is 0 Å². The highest BCUT2D eigenvalue weighted by Crippen LogP contribution is 2.36. The van der Waals surface area contributed by atoms with Gasteiger partial charge in [0, 0.05) is 40.0 Å². The molecule has 0 amide bonds. The minimum Gasteiger partial charge on any atom is -0.309 e. The molecule has 0 aliphatic heterocycles. The van der Waals surface area contributed by atoms with Crippen molar-refractivity contribution in [2.75, 3.05) is 0 Å². The Kier molecular flexibility index (Phi) is 5.78. The van der Waals surface area contributed by atoms with Gasteiger partial charge in [-0.3, -0.25) is 4.98 Å². The highest BCUT2D eigenvalue weighted by atomic mass is 15.0.